The maximum Gasteiger partial charge on any atom is 0.366 e. The van der Waals surface area contributed by atoms with Crippen molar-refractivity contribution in [1.82, 2.24) is 5.32 Å². The fourth-order valence-electron chi connectivity index (χ4n) is 3.61. The predicted octanol–water partition coefficient (Wildman–Crippen LogP) is -0.846. The van der Waals surface area contributed by atoms with Crippen molar-refractivity contribution in [3.63, 3.8) is 0 Å². The van der Waals surface area contributed by atoms with E-state index < -0.39 is 85.0 Å². The number of hydrogen-bond acceptors (Lipinski definition) is 13. The van der Waals surface area contributed by atoms with Crippen LogP contribution in [0.4, 0.5) is 0 Å². The van der Waals surface area contributed by atoms with Crippen LogP contribution in [-0.2, 0) is 61.9 Å². The molecule has 14 heteroatoms. The van der Waals surface area contributed by atoms with E-state index in [1.807, 2.05) is 0 Å². The summed E-state index contributed by atoms with van der Waals surface area (Å²) < 4.78 is 36.9. The van der Waals surface area contributed by atoms with Crippen molar-refractivity contribution in [2.24, 2.45) is 0 Å². The molecule has 0 unspecified atom stereocenters. The van der Waals surface area contributed by atoms with Gasteiger partial charge in [-0.05, 0) is 0 Å². The van der Waals surface area contributed by atoms with Gasteiger partial charge in [0, 0.05) is 41.7 Å². The molecule has 0 aromatic carbocycles. The second kappa shape index (κ2) is 13.0. The maximum atomic E-state index is 12.7. The first-order valence-electron chi connectivity index (χ1n) is 10.5. The molecular formula is C21H31NO13. The molecule has 0 bridgehead atoms. The normalized spacial score (nSPS) is 25.3. The van der Waals surface area contributed by atoms with Crippen molar-refractivity contribution >= 4 is 35.8 Å². The Bertz CT molecular complexity index is 828. The van der Waals surface area contributed by atoms with Gasteiger partial charge in [-0.1, -0.05) is 0 Å². The molecule has 14 nitrogen and oxygen atoms in total. The number of hydrogen-bond donors (Lipinski definition) is 1. The first-order valence-corrected chi connectivity index (χ1v) is 10.5. The Morgan fingerprint density at radius 3 is 1.94 bits per heavy atom. The number of ether oxygens (including phenoxy) is 7. The zero-order valence-corrected chi connectivity index (χ0v) is 20.6. The van der Waals surface area contributed by atoms with Crippen LogP contribution in [0.1, 0.15) is 41.0 Å². The zero-order chi connectivity index (χ0) is 26.9. The molecule has 1 aliphatic heterocycles. The highest BCUT2D eigenvalue weighted by molar-refractivity contribution is 5.79. The number of rotatable bonds is 10. The smallest absolute Gasteiger partial charge is 0.366 e. The van der Waals surface area contributed by atoms with Crippen LogP contribution in [0.3, 0.4) is 0 Å². The van der Waals surface area contributed by atoms with Crippen LogP contribution >= 0.6 is 0 Å². The fourth-order valence-corrected chi connectivity index (χ4v) is 3.61. The second-order valence-corrected chi connectivity index (χ2v) is 7.63. The summed E-state index contributed by atoms with van der Waals surface area (Å²) in [5.74, 6) is -6.96. The number of carbonyl (C=O) groups is 6. The van der Waals surface area contributed by atoms with Gasteiger partial charge in [-0.3, -0.25) is 24.0 Å². The van der Waals surface area contributed by atoms with Gasteiger partial charge in [-0.25, -0.2) is 4.79 Å². The Morgan fingerprint density at radius 2 is 1.51 bits per heavy atom. The molecule has 0 aromatic heterocycles. The molecule has 1 amide bonds. The van der Waals surface area contributed by atoms with Crippen LogP contribution in [0.2, 0.25) is 0 Å². The van der Waals surface area contributed by atoms with Crippen molar-refractivity contribution in [2.45, 2.75) is 77.3 Å². The molecule has 1 rings (SSSR count). The highest BCUT2D eigenvalue weighted by Crippen LogP contribution is 2.36. The molecule has 0 saturated carbocycles. The lowest BCUT2D eigenvalue weighted by Crippen LogP contribution is -2.69. The molecule has 0 aromatic rings. The number of carbonyl (C=O) groups excluding carboxylic acids is 6. The van der Waals surface area contributed by atoms with Crippen molar-refractivity contribution in [1.29, 1.82) is 0 Å². The molecule has 1 N–H and O–H groups in total. The van der Waals surface area contributed by atoms with E-state index in [4.69, 9.17) is 33.2 Å². The molecular weight excluding hydrogens is 474 g/mol. The molecule has 0 aliphatic carbocycles. The van der Waals surface area contributed by atoms with Crippen molar-refractivity contribution in [3.05, 3.63) is 0 Å². The lowest BCUT2D eigenvalue weighted by Gasteiger charge is -2.48. The topological polar surface area (TPSA) is 179 Å². The summed E-state index contributed by atoms with van der Waals surface area (Å²) in [6.45, 7) is 4.92. The van der Waals surface area contributed by atoms with Gasteiger partial charge >= 0.3 is 29.8 Å². The Kier molecular flexibility index (Phi) is 11.1. The highest BCUT2D eigenvalue weighted by Gasteiger charge is 2.58. The Hall–Kier alpha value is -3.26. The Morgan fingerprint density at radius 1 is 0.914 bits per heavy atom. The van der Waals surface area contributed by atoms with Gasteiger partial charge in [-0.15, -0.1) is 0 Å². The van der Waals surface area contributed by atoms with Crippen LogP contribution in [0.25, 0.3) is 0 Å². The van der Waals surface area contributed by atoms with Crippen LogP contribution < -0.4 is 5.32 Å². The molecule has 35 heavy (non-hydrogen) atoms. The minimum Gasteiger partial charge on any atom is -0.465 e. The van der Waals surface area contributed by atoms with E-state index in [2.05, 4.69) is 5.32 Å². The van der Waals surface area contributed by atoms with Crippen molar-refractivity contribution in [2.75, 3.05) is 20.8 Å². The number of amides is 1. The number of methoxy groups -OCH3 is 2. The predicted molar refractivity (Wildman–Crippen MR) is 112 cm³/mol. The monoisotopic (exact) mass is 505 g/mol. The van der Waals surface area contributed by atoms with E-state index >= 15 is 0 Å². The van der Waals surface area contributed by atoms with Crippen LogP contribution in [-0.4, -0.2) is 92.8 Å². The van der Waals surface area contributed by atoms with E-state index in [0.29, 0.717) is 0 Å². The van der Waals surface area contributed by atoms with Gasteiger partial charge < -0.3 is 38.5 Å². The molecule has 0 spiro atoms. The lowest BCUT2D eigenvalue weighted by atomic mass is 9.88. The van der Waals surface area contributed by atoms with E-state index in [1.165, 1.54) is 6.92 Å². The standard InChI is InChI=1S/C21H31NO13/c1-10(23)22-17-15(32-12(3)25)8-21(30-7,20(28)29-6)35-19(17)18(34-14(5)27)16(33-13(4)26)9-31-11(2)24/h15-19H,8-9H2,1-7H3,(H,22,23)/t15-,16+,17+,18+,19+,21-/m0/s1. The Balaban J connectivity index is 3.72. The molecule has 6 atom stereocenters. The molecule has 1 saturated heterocycles. The van der Waals surface area contributed by atoms with Crippen molar-refractivity contribution in [3.8, 4) is 0 Å². The van der Waals surface area contributed by atoms with Crippen LogP contribution in [0.15, 0.2) is 0 Å². The first kappa shape index (κ1) is 29.8. The lowest BCUT2D eigenvalue weighted by molar-refractivity contribution is -0.307. The summed E-state index contributed by atoms with van der Waals surface area (Å²) in [5, 5.41) is 2.54. The summed E-state index contributed by atoms with van der Waals surface area (Å²) in [4.78, 5) is 71.8. The third-order valence-corrected chi connectivity index (χ3v) is 4.82. The third kappa shape index (κ3) is 8.47. The first-order chi connectivity index (χ1) is 16.3. The summed E-state index contributed by atoms with van der Waals surface area (Å²) in [6, 6.07) is -1.23. The maximum absolute atomic E-state index is 12.7. The molecule has 1 aliphatic rings. The largest absolute Gasteiger partial charge is 0.465 e. The van der Waals surface area contributed by atoms with E-state index in [0.717, 1.165) is 41.9 Å². The quantitative estimate of drug-likeness (QED) is 0.287. The van der Waals surface area contributed by atoms with E-state index in [-0.39, 0.29) is 0 Å². The minimum atomic E-state index is -2.17. The van der Waals surface area contributed by atoms with Crippen molar-refractivity contribution < 1.29 is 61.9 Å². The van der Waals surface area contributed by atoms with Gasteiger partial charge in [0.25, 0.3) is 5.79 Å². The van der Waals surface area contributed by atoms with E-state index in [1.54, 1.807) is 0 Å². The second-order valence-electron chi connectivity index (χ2n) is 7.63. The van der Waals surface area contributed by atoms with Gasteiger partial charge in [-0.2, -0.15) is 0 Å². The zero-order valence-electron chi connectivity index (χ0n) is 20.6. The molecule has 1 heterocycles. The van der Waals surface area contributed by atoms with Gasteiger partial charge in [0.15, 0.2) is 12.2 Å². The summed E-state index contributed by atoms with van der Waals surface area (Å²) in [5.41, 5.74) is 0. The Labute approximate surface area is 201 Å². The van der Waals surface area contributed by atoms with Crippen LogP contribution in [0, 0.1) is 0 Å². The third-order valence-electron chi connectivity index (χ3n) is 4.82. The van der Waals surface area contributed by atoms with E-state index in [9.17, 15) is 28.8 Å². The number of nitrogens with one attached hydrogen (secondary N) is 1. The minimum absolute atomic E-state index is 0.411. The summed E-state index contributed by atoms with van der Waals surface area (Å²) in [7, 11) is 2.19. The molecule has 0 radical (unpaired) electrons. The summed E-state index contributed by atoms with van der Waals surface area (Å²) in [6.07, 6.45) is -6.22. The SMILES string of the molecule is COC(=O)[C@]1(OC)C[C@H](OC(C)=O)[C@@H](NC(C)=O)[C@H]([C@H](OC(C)=O)[C@@H](COC(C)=O)OC(C)=O)O1. The average Bonchev–Trinajstić information content (AvgIpc) is 2.74. The molecule has 198 valence electrons. The average molecular weight is 505 g/mol. The van der Waals surface area contributed by atoms with Gasteiger partial charge in [0.05, 0.1) is 19.6 Å². The van der Waals surface area contributed by atoms with Gasteiger partial charge in [0.2, 0.25) is 5.91 Å². The van der Waals surface area contributed by atoms with Gasteiger partial charge in [0.1, 0.15) is 18.8 Å². The summed E-state index contributed by atoms with van der Waals surface area (Å²) >= 11 is 0. The highest BCUT2D eigenvalue weighted by atomic mass is 16.7. The molecule has 1 fully saturated rings. The number of esters is 5. The van der Waals surface area contributed by atoms with Crippen LogP contribution in [0.5, 0.6) is 0 Å². The fraction of sp³-hybridized carbons (Fsp3) is 0.714.